The van der Waals surface area contributed by atoms with Crippen molar-refractivity contribution in [1.29, 1.82) is 0 Å². The van der Waals surface area contributed by atoms with Gasteiger partial charge in [0.15, 0.2) is 5.96 Å². The first-order valence-corrected chi connectivity index (χ1v) is 14.0. The molecule has 1 fully saturated rings. The molecular weight excluding hydrogens is 540 g/mol. The van der Waals surface area contributed by atoms with E-state index in [1.54, 1.807) is 24.3 Å². The molecule has 0 radical (unpaired) electrons. The molecule has 6 rings (SSSR count). The molecule has 1 unspecified atom stereocenters. The minimum absolute atomic E-state index is 0.0245. The number of nitrogens with zero attached hydrogens (tertiary/aromatic N) is 2. The van der Waals surface area contributed by atoms with Gasteiger partial charge >= 0.3 is 5.96 Å². The number of hydrogen-bond acceptors (Lipinski definition) is 10. The Bertz CT molecular complexity index is 1520. The number of benzene rings is 2. The van der Waals surface area contributed by atoms with E-state index in [1.165, 1.54) is 4.58 Å². The van der Waals surface area contributed by atoms with Gasteiger partial charge in [0.05, 0.1) is 25.3 Å². The maximum Gasteiger partial charge on any atom is 0.346 e. The summed E-state index contributed by atoms with van der Waals surface area (Å²) in [7, 11) is 0. The molecule has 4 atom stereocenters. The largest absolute Gasteiger partial charge is 0.492 e. The number of guanidine groups is 2. The number of carbonyl (C=O) groups is 2. The van der Waals surface area contributed by atoms with Crippen molar-refractivity contribution < 1.29 is 29.1 Å². The molecule has 10 N–H and O–H groups in total. The van der Waals surface area contributed by atoms with Crippen LogP contribution >= 0.6 is 0 Å². The Hall–Kier alpha value is -4.36. The second-order valence-electron chi connectivity index (χ2n) is 12.1. The van der Waals surface area contributed by atoms with Crippen molar-refractivity contribution >= 4 is 23.7 Å². The molecule has 1 spiro atoms. The van der Waals surface area contributed by atoms with E-state index in [2.05, 4.69) is 40.1 Å². The lowest BCUT2D eigenvalue weighted by Gasteiger charge is -2.43. The van der Waals surface area contributed by atoms with Gasteiger partial charge in [0.1, 0.15) is 23.9 Å². The Labute approximate surface area is 243 Å². The summed E-state index contributed by atoms with van der Waals surface area (Å²) in [5.74, 6) is -2.83. The molecule has 2 aromatic carbocycles. The van der Waals surface area contributed by atoms with E-state index in [1.807, 2.05) is 25.1 Å². The van der Waals surface area contributed by atoms with Crippen LogP contribution in [0.4, 0.5) is 0 Å². The van der Waals surface area contributed by atoms with E-state index in [9.17, 15) is 19.8 Å². The van der Waals surface area contributed by atoms with Crippen LogP contribution in [0.15, 0.2) is 47.5 Å². The molecule has 0 aliphatic carbocycles. The highest BCUT2D eigenvalue weighted by molar-refractivity contribution is 5.98. The van der Waals surface area contributed by atoms with Gasteiger partial charge in [-0.15, -0.1) is 0 Å². The van der Waals surface area contributed by atoms with Gasteiger partial charge < -0.3 is 36.6 Å². The van der Waals surface area contributed by atoms with Crippen LogP contribution in [0.3, 0.4) is 0 Å². The lowest BCUT2D eigenvalue weighted by atomic mass is 9.79. The van der Waals surface area contributed by atoms with Gasteiger partial charge in [-0.2, -0.15) is 0 Å². The molecule has 4 aliphatic rings. The zero-order valence-electron chi connectivity index (χ0n) is 23.8. The normalized spacial score (nSPS) is 28.2. The summed E-state index contributed by atoms with van der Waals surface area (Å²) >= 11 is 0. The van der Waals surface area contributed by atoms with Gasteiger partial charge in [-0.05, 0) is 37.0 Å². The SMILES string of the molecule is Cc1ccc(C(=O)NC[C@@H]2NC(N)=[N+]3CC(NC(=O)c4cccc5c4OCCC5(C)C)C(O)(O)[C@@]34NC(N)=N[C@@H]24)cc1. The van der Waals surface area contributed by atoms with Crippen LogP contribution in [0.2, 0.25) is 0 Å². The Balaban J connectivity index is 1.26. The first kappa shape index (κ1) is 27.8. The van der Waals surface area contributed by atoms with Crippen LogP contribution in [0.5, 0.6) is 5.75 Å². The zero-order valence-corrected chi connectivity index (χ0v) is 23.8. The first-order valence-electron chi connectivity index (χ1n) is 14.0. The van der Waals surface area contributed by atoms with Gasteiger partial charge in [-0.3, -0.25) is 20.6 Å². The first-order chi connectivity index (χ1) is 19.8. The second-order valence-corrected chi connectivity index (χ2v) is 12.1. The lowest BCUT2D eigenvalue weighted by Crippen LogP contribution is -2.79. The summed E-state index contributed by atoms with van der Waals surface area (Å²) in [6, 6.07) is 9.77. The average molecular weight is 578 g/mol. The molecular formula is C29H37N8O5+. The maximum absolute atomic E-state index is 13.6. The maximum atomic E-state index is 13.6. The molecule has 42 heavy (non-hydrogen) atoms. The molecule has 0 aromatic heterocycles. The van der Waals surface area contributed by atoms with Crippen molar-refractivity contribution in [1.82, 2.24) is 21.3 Å². The summed E-state index contributed by atoms with van der Waals surface area (Å²) < 4.78 is 7.43. The number of fused-ring (bicyclic) bond motifs is 1. The number of para-hydroxylation sites is 1. The van der Waals surface area contributed by atoms with Crippen LogP contribution in [-0.2, 0) is 5.41 Å². The summed E-state index contributed by atoms with van der Waals surface area (Å²) in [6.07, 6.45) is 0.810. The number of aliphatic imine (C=N–C) groups is 1. The highest BCUT2D eigenvalue weighted by atomic mass is 16.5. The fourth-order valence-electron chi connectivity index (χ4n) is 6.52. The Morgan fingerprint density at radius 1 is 1.14 bits per heavy atom. The number of aryl methyl sites for hydroxylation is 1. The number of carbonyl (C=O) groups excluding carboxylic acids is 2. The van der Waals surface area contributed by atoms with Crippen molar-refractivity contribution in [2.24, 2.45) is 16.5 Å². The summed E-state index contributed by atoms with van der Waals surface area (Å²) in [4.78, 5) is 30.9. The van der Waals surface area contributed by atoms with E-state index in [4.69, 9.17) is 16.2 Å². The monoisotopic (exact) mass is 577 g/mol. The van der Waals surface area contributed by atoms with E-state index in [0.29, 0.717) is 23.5 Å². The molecule has 1 saturated heterocycles. The second kappa shape index (κ2) is 9.60. The number of amides is 2. The number of ether oxygens (including phenoxy) is 1. The molecule has 0 saturated carbocycles. The van der Waals surface area contributed by atoms with Gasteiger partial charge in [-0.1, -0.05) is 43.7 Å². The molecule has 13 nitrogen and oxygen atoms in total. The van der Waals surface area contributed by atoms with Crippen LogP contribution in [0.1, 0.15) is 52.1 Å². The third-order valence-corrected chi connectivity index (χ3v) is 8.93. The summed E-state index contributed by atoms with van der Waals surface area (Å²) in [5.41, 5.74) is 13.4. The van der Waals surface area contributed by atoms with E-state index >= 15 is 0 Å². The minimum Gasteiger partial charge on any atom is -0.492 e. The van der Waals surface area contributed by atoms with Gasteiger partial charge in [0.2, 0.25) is 11.4 Å². The predicted octanol–water partition coefficient (Wildman–Crippen LogP) is -1.44. The van der Waals surface area contributed by atoms with Crippen molar-refractivity contribution in [3.63, 3.8) is 0 Å². The lowest BCUT2D eigenvalue weighted by molar-refractivity contribution is -0.623. The van der Waals surface area contributed by atoms with Crippen LogP contribution in [0.25, 0.3) is 0 Å². The highest BCUT2D eigenvalue weighted by Crippen LogP contribution is 2.43. The number of hydrogen-bond donors (Lipinski definition) is 8. The van der Waals surface area contributed by atoms with E-state index in [0.717, 1.165) is 17.5 Å². The van der Waals surface area contributed by atoms with Gasteiger partial charge in [0, 0.05) is 11.1 Å². The van der Waals surface area contributed by atoms with Crippen molar-refractivity contribution in [2.75, 3.05) is 19.7 Å². The van der Waals surface area contributed by atoms with Crippen LogP contribution < -0.4 is 37.5 Å². The van der Waals surface area contributed by atoms with Crippen molar-refractivity contribution in [2.45, 2.75) is 62.2 Å². The average Bonchev–Trinajstić information content (AvgIpc) is 3.41. The molecule has 2 amide bonds. The Kier molecular flexibility index (Phi) is 6.35. The predicted molar refractivity (Wildman–Crippen MR) is 154 cm³/mol. The molecule has 4 heterocycles. The minimum atomic E-state index is -2.58. The summed E-state index contributed by atoms with van der Waals surface area (Å²) in [5, 5.41) is 35.2. The van der Waals surface area contributed by atoms with Crippen molar-refractivity contribution in [3.8, 4) is 5.75 Å². The highest BCUT2D eigenvalue weighted by Gasteiger charge is 2.75. The molecule has 2 aromatic rings. The fourth-order valence-corrected chi connectivity index (χ4v) is 6.52. The van der Waals surface area contributed by atoms with Crippen LogP contribution in [0, 0.1) is 6.92 Å². The van der Waals surface area contributed by atoms with Crippen LogP contribution in [-0.4, -0.2) is 87.8 Å². The Morgan fingerprint density at radius 3 is 2.62 bits per heavy atom. The third kappa shape index (κ3) is 4.14. The number of rotatable bonds is 5. The number of nitrogens with one attached hydrogen (secondary N) is 4. The number of nitrogens with two attached hydrogens (primary N) is 2. The summed E-state index contributed by atoms with van der Waals surface area (Å²) in [6.45, 7) is 6.59. The smallest absolute Gasteiger partial charge is 0.346 e. The third-order valence-electron chi connectivity index (χ3n) is 8.93. The topological polar surface area (TPSA) is 199 Å². The van der Waals surface area contributed by atoms with E-state index in [-0.39, 0.29) is 36.3 Å². The quantitative estimate of drug-likeness (QED) is 0.155. The standard InChI is InChI=1S/C29H36N8O5/c1-15-7-9-16(10-8-15)23(38)32-13-19-22-28(36-25(30)35-22)29(40,41)20(14-37(28)26(31)33-19)34-24(39)17-5-4-6-18-21(17)42-12-11-27(18,2)3/h4-10,19-20,22,40-41H,11-14H2,1-3H3,(H7,30,31,32,33,34,35,36,38,39)/p+1/t19-,20?,22-,28-/m0/s1. The van der Waals surface area contributed by atoms with Gasteiger partial charge in [-0.25, -0.2) is 9.57 Å². The number of aliphatic hydroxyl groups is 2. The molecule has 222 valence electrons. The molecule has 0 bridgehead atoms. The van der Waals surface area contributed by atoms with Gasteiger partial charge in [0.25, 0.3) is 11.8 Å². The molecule has 4 aliphatic heterocycles. The van der Waals surface area contributed by atoms with E-state index < -0.39 is 35.5 Å². The Morgan fingerprint density at radius 2 is 1.88 bits per heavy atom. The van der Waals surface area contributed by atoms with Crippen molar-refractivity contribution in [3.05, 3.63) is 64.7 Å². The zero-order chi connectivity index (χ0) is 30.0. The molecule has 13 heteroatoms. The fraction of sp³-hybridized carbons (Fsp3) is 0.448.